The van der Waals surface area contributed by atoms with Gasteiger partial charge in [-0.2, -0.15) is 0 Å². The van der Waals surface area contributed by atoms with E-state index in [0.717, 1.165) is 31.2 Å². The summed E-state index contributed by atoms with van der Waals surface area (Å²) in [5, 5.41) is 4.97. The molecule has 1 aliphatic rings. The summed E-state index contributed by atoms with van der Waals surface area (Å²) in [6.07, 6.45) is 3.05. The number of carbonyl (C=O) groups is 3. The third-order valence-electron chi connectivity index (χ3n) is 4.35. The zero-order valence-corrected chi connectivity index (χ0v) is 16.1. The van der Waals surface area contributed by atoms with Crippen LogP contribution in [0.3, 0.4) is 0 Å². The second kappa shape index (κ2) is 10.1. The molecule has 1 aromatic rings. The van der Waals surface area contributed by atoms with E-state index in [1.807, 2.05) is 13.8 Å². The van der Waals surface area contributed by atoms with E-state index in [1.165, 1.54) is 6.92 Å². The Morgan fingerprint density at radius 3 is 2.30 bits per heavy atom. The lowest BCUT2D eigenvalue weighted by Crippen LogP contribution is -2.47. The molecule has 1 saturated carbocycles. The van der Waals surface area contributed by atoms with Gasteiger partial charge in [0.2, 0.25) is 0 Å². The molecular formula is C20H28N2O5. The number of urea groups is 1. The van der Waals surface area contributed by atoms with Crippen molar-refractivity contribution in [3.63, 3.8) is 0 Å². The van der Waals surface area contributed by atoms with Crippen LogP contribution in [0.25, 0.3) is 0 Å². The maximum absolute atomic E-state index is 12.2. The highest BCUT2D eigenvalue weighted by molar-refractivity contribution is 5.98. The first-order chi connectivity index (χ1) is 12.8. The number of nitrogens with one attached hydrogen (secondary N) is 2. The summed E-state index contributed by atoms with van der Waals surface area (Å²) in [6, 6.07) is 6.35. The molecule has 0 radical (unpaired) electrons. The first-order valence-corrected chi connectivity index (χ1v) is 9.38. The Balaban J connectivity index is 1.79. The summed E-state index contributed by atoms with van der Waals surface area (Å²) in [6.45, 7) is 5.79. The summed E-state index contributed by atoms with van der Waals surface area (Å²) in [5.41, 5.74) is 1.27. The van der Waals surface area contributed by atoms with Gasteiger partial charge in [0.15, 0.2) is 6.10 Å². The van der Waals surface area contributed by atoms with Crippen molar-refractivity contribution in [3.05, 3.63) is 35.4 Å². The number of benzene rings is 1. The van der Waals surface area contributed by atoms with Gasteiger partial charge < -0.3 is 14.8 Å². The minimum absolute atomic E-state index is 0.105. The van der Waals surface area contributed by atoms with Crippen molar-refractivity contribution in [2.45, 2.75) is 71.3 Å². The van der Waals surface area contributed by atoms with Gasteiger partial charge in [0.05, 0.1) is 18.3 Å². The predicted octanol–water partition coefficient (Wildman–Crippen LogP) is 2.93. The Hall–Kier alpha value is -2.41. The van der Waals surface area contributed by atoms with Crippen LogP contribution in [0.5, 0.6) is 0 Å². The van der Waals surface area contributed by atoms with Gasteiger partial charge in [-0.1, -0.05) is 25.0 Å². The minimum Gasteiger partial charge on any atom is -0.449 e. The molecule has 148 valence electrons. The number of hydrogen-bond acceptors (Lipinski definition) is 5. The van der Waals surface area contributed by atoms with E-state index in [2.05, 4.69) is 10.6 Å². The van der Waals surface area contributed by atoms with Crippen LogP contribution in [-0.2, 0) is 20.9 Å². The Bertz CT molecular complexity index is 651. The second-order valence-corrected chi connectivity index (χ2v) is 7.05. The fourth-order valence-corrected chi connectivity index (χ4v) is 2.79. The van der Waals surface area contributed by atoms with Crippen LogP contribution >= 0.6 is 0 Å². The number of carbonyl (C=O) groups excluding carboxylic acids is 3. The standard InChI is InChI=1S/C20H28N2O5/c1-13(2)26-12-15-8-10-16(11-9-15)19(24)27-14(3)18(23)22-20(25)21-17-6-4-5-7-17/h8-11,13-14,17H,4-7,12H2,1-3H3,(H2,21,22,23,25)/t14-/m1/s1. The first-order valence-electron chi connectivity index (χ1n) is 9.38. The fourth-order valence-electron chi connectivity index (χ4n) is 2.79. The van der Waals surface area contributed by atoms with Crippen LogP contribution < -0.4 is 10.6 Å². The third kappa shape index (κ3) is 7.02. The topological polar surface area (TPSA) is 93.7 Å². The van der Waals surface area contributed by atoms with Gasteiger partial charge in [-0.05, 0) is 51.3 Å². The molecule has 7 nitrogen and oxygen atoms in total. The van der Waals surface area contributed by atoms with Crippen LogP contribution in [0.15, 0.2) is 24.3 Å². The third-order valence-corrected chi connectivity index (χ3v) is 4.35. The van der Waals surface area contributed by atoms with Crippen LogP contribution in [0, 0.1) is 0 Å². The van der Waals surface area contributed by atoms with Crippen molar-refractivity contribution in [2.75, 3.05) is 0 Å². The maximum Gasteiger partial charge on any atom is 0.338 e. The zero-order valence-electron chi connectivity index (χ0n) is 16.1. The molecule has 0 bridgehead atoms. The van der Waals surface area contributed by atoms with E-state index in [9.17, 15) is 14.4 Å². The van der Waals surface area contributed by atoms with Crippen LogP contribution in [0.2, 0.25) is 0 Å². The van der Waals surface area contributed by atoms with Crippen LogP contribution in [-0.4, -0.2) is 36.2 Å². The molecular weight excluding hydrogens is 348 g/mol. The highest BCUT2D eigenvalue weighted by atomic mass is 16.5. The second-order valence-electron chi connectivity index (χ2n) is 7.05. The first kappa shape index (κ1) is 20.9. The molecule has 1 fully saturated rings. The number of amides is 3. The predicted molar refractivity (Wildman–Crippen MR) is 100 cm³/mol. The molecule has 2 rings (SSSR count). The van der Waals surface area contributed by atoms with E-state index in [0.29, 0.717) is 12.2 Å². The maximum atomic E-state index is 12.2. The average Bonchev–Trinajstić information content (AvgIpc) is 3.12. The fraction of sp³-hybridized carbons (Fsp3) is 0.550. The largest absolute Gasteiger partial charge is 0.449 e. The minimum atomic E-state index is -1.07. The van der Waals surface area contributed by atoms with E-state index in [-0.39, 0.29) is 12.1 Å². The summed E-state index contributed by atoms with van der Waals surface area (Å²) < 4.78 is 10.6. The highest BCUT2D eigenvalue weighted by Gasteiger charge is 2.23. The SMILES string of the molecule is CC(C)OCc1ccc(C(=O)O[C@H](C)C(=O)NC(=O)NC2CCCC2)cc1. The number of esters is 1. The summed E-state index contributed by atoms with van der Waals surface area (Å²) in [5.74, 6) is -1.27. The van der Waals surface area contributed by atoms with E-state index in [4.69, 9.17) is 9.47 Å². The monoisotopic (exact) mass is 376 g/mol. The summed E-state index contributed by atoms with van der Waals surface area (Å²) >= 11 is 0. The van der Waals surface area contributed by atoms with E-state index < -0.39 is 24.0 Å². The van der Waals surface area contributed by atoms with Crippen molar-refractivity contribution in [3.8, 4) is 0 Å². The van der Waals surface area contributed by atoms with Crippen molar-refractivity contribution in [1.82, 2.24) is 10.6 Å². The quantitative estimate of drug-likeness (QED) is 0.714. The molecule has 1 aromatic carbocycles. The molecule has 7 heteroatoms. The Kier molecular flexibility index (Phi) is 7.79. The molecule has 0 aromatic heterocycles. The van der Waals surface area contributed by atoms with Crippen LogP contribution in [0.1, 0.15) is 62.4 Å². The normalized spacial score (nSPS) is 15.4. The average molecular weight is 376 g/mol. The van der Waals surface area contributed by atoms with Gasteiger partial charge in [-0.3, -0.25) is 10.1 Å². The van der Waals surface area contributed by atoms with Crippen molar-refractivity contribution in [1.29, 1.82) is 0 Å². The van der Waals surface area contributed by atoms with Gasteiger partial charge >= 0.3 is 12.0 Å². The van der Waals surface area contributed by atoms with Crippen molar-refractivity contribution < 1.29 is 23.9 Å². The van der Waals surface area contributed by atoms with Crippen molar-refractivity contribution in [2.24, 2.45) is 0 Å². The smallest absolute Gasteiger partial charge is 0.338 e. The lowest BCUT2D eigenvalue weighted by atomic mass is 10.1. The number of imide groups is 1. The molecule has 0 aliphatic heterocycles. The summed E-state index contributed by atoms with van der Waals surface area (Å²) in [7, 11) is 0. The molecule has 0 saturated heterocycles. The molecule has 3 amide bonds. The van der Waals surface area contributed by atoms with Gasteiger partial charge in [-0.15, -0.1) is 0 Å². The molecule has 0 spiro atoms. The lowest BCUT2D eigenvalue weighted by molar-refractivity contribution is -0.127. The molecule has 1 aliphatic carbocycles. The molecule has 0 unspecified atom stereocenters. The number of hydrogen-bond donors (Lipinski definition) is 2. The van der Waals surface area contributed by atoms with Gasteiger partial charge in [0.25, 0.3) is 5.91 Å². The Labute approximate surface area is 159 Å². The van der Waals surface area contributed by atoms with E-state index >= 15 is 0 Å². The van der Waals surface area contributed by atoms with Crippen molar-refractivity contribution >= 4 is 17.9 Å². The van der Waals surface area contributed by atoms with Crippen LogP contribution in [0.4, 0.5) is 4.79 Å². The lowest BCUT2D eigenvalue weighted by Gasteiger charge is -2.15. The Morgan fingerprint density at radius 2 is 1.70 bits per heavy atom. The molecule has 0 heterocycles. The molecule has 27 heavy (non-hydrogen) atoms. The van der Waals surface area contributed by atoms with E-state index in [1.54, 1.807) is 24.3 Å². The zero-order chi connectivity index (χ0) is 19.8. The number of rotatable bonds is 7. The number of ether oxygens (including phenoxy) is 2. The highest BCUT2D eigenvalue weighted by Crippen LogP contribution is 2.17. The van der Waals surface area contributed by atoms with Gasteiger partial charge in [-0.25, -0.2) is 9.59 Å². The van der Waals surface area contributed by atoms with Gasteiger partial charge in [0.1, 0.15) is 0 Å². The summed E-state index contributed by atoms with van der Waals surface area (Å²) in [4.78, 5) is 36.0. The molecule has 2 N–H and O–H groups in total. The van der Waals surface area contributed by atoms with Gasteiger partial charge in [0, 0.05) is 6.04 Å². The Morgan fingerprint density at radius 1 is 1.07 bits per heavy atom. The molecule has 1 atom stereocenters.